The molecule has 0 unspecified atom stereocenters. The molecule has 0 atom stereocenters. The van der Waals surface area contributed by atoms with Gasteiger partial charge >= 0.3 is 0 Å². The molecule has 0 spiro atoms. The van der Waals surface area contributed by atoms with Gasteiger partial charge in [0.1, 0.15) is 6.54 Å². The van der Waals surface area contributed by atoms with E-state index >= 15 is 0 Å². The van der Waals surface area contributed by atoms with Crippen LogP contribution in [-0.4, -0.2) is 71.3 Å². The SMILES string of the molecule is COCCOCCOCC[N+]1(C)CCCC1.[I-]. The summed E-state index contributed by atoms with van der Waals surface area (Å²) in [5, 5.41) is 0. The molecule has 1 aliphatic rings. The molecule has 0 N–H and O–H groups in total. The van der Waals surface area contributed by atoms with Crippen molar-refractivity contribution in [2.45, 2.75) is 12.8 Å². The normalized spacial score (nSPS) is 18.0. The first-order chi connectivity index (χ1) is 7.77. The van der Waals surface area contributed by atoms with Gasteiger partial charge in [-0.25, -0.2) is 0 Å². The third-order valence-electron chi connectivity index (χ3n) is 3.23. The van der Waals surface area contributed by atoms with Crippen molar-refractivity contribution >= 4 is 0 Å². The molecule has 17 heavy (non-hydrogen) atoms. The fraction of sp³-hybridized carbons (Fsp3) is 1.00. The van der Waals surface area contributed by atoms with Crippen LogP contribution in [0.1, 0.15) is 12.8 Å². The van der Waals surface area contributed by atoms with E-state index < -0.39 is 0 Å². The smallest absolute Gasteiger partial charge is 0.102 e. The van der Waals surface area contributed by atoms with Gasteiger partial charge in [0.2, 0.25) is 0 Å². The Kier molecular flexibility index (Phi) is 10.8. The van der Waals surface area contributed by atoms with E-state index in [1.807, 2.05) is 0 Å². The molecule has 5 heteroatoms. The maximum absolute atomic E-state index is 5.56. The van der Waals surface area contributed by atoms with E-state index in [4.69, 9.17) is 14.2 Å². The van der Waals surface area contributed by atoms with Crippen molar-refractivity contribution in [2.75, 3.05) is 66.8 Å². The van der Waals surface area contributed by atoms with Crippen LogP contribution in [0.3, 0.4) is 0 Å². The molecule has 1 heterocycles. The van der Waals surface area contributed by atoms with Gasteiger partial charge in [0.05, 0.1) is 53.2 Å². The highest BCUT2D eigenvalue weighted by atomic mass is 127. The number of rotatable bonds is 9. The van der Waals surface area contributed by atoms with Gasteiger partial charge in [-0.05, 0) is 0 Å². The molecule has 0 aliphatic carbocycles. The number of ether oxygens (including phenoxy) is 3. The number of nitrogens with zero attached hydrogens (tertiary/aromatic N) is 1. The summed E-state index contributed by atoms with van der Waals surface area (Å²) < 4.78 is 16.9. The van der Waals surface area contributed by atoms with E-state index in [1.165, 1.54) is 30.4 Å². The summed E-state index contributed by atoms with van der Waals surface area (Å²) >= 11 is 0. The first-order valence-electron chi connectivity index (χ1n) is 6.25. The van der Waals surface area contributed by atoms with E-state index in [-0.39, 0.29) is 24.0 Å². The van der Waals surface area contributed by atoms with Gasteiger partial charge in [-0.3, -0.25) is 0 Å². The average molecular weight is 359 g/mol. The lowest BCUT2D eigenvalue weighted by molar-refractivity contribution is -0.898. The summed E-state index contributed by atoms with van der Waals surface area (Å²) in [7, 11) is 4.01. The minimum Gasteiger partial charge on any atom is -1.00 e. The summed E-state index contributed by atoms with van der Waals surface area (Å²) in [4.78, 5) is 0. The molecule has 104 valence electrons. The minimum absolute atomic E-state index is 0. The molecule has 1 aliphatic heterocycles. The van der Waals surface area contributed by atoms with Crippen molar-refractivity contribution < 1.29 is 42.7 Å². The molecule has 1 rings (SSSR count). The zero-order valence-electron chi connectivity index (χ0n) is 11.1. The predicted octanol–water partition coefficient (Wildman–Crippen LogP) is -2.09. The van der Waals surface area contributed by atoms with E-state index in [0.29, 0.717) is 26.4 Å². The van der Waals surface area contributed by atoms with E-state index in [2.05, 4.69) is 7.05 Å². The Hall–Kier alpha value is 0.570. The van der Waals surface area contributed by atoms with Crippen LogP contribution in [0, 0.1) is 0 Å². The first kappa shape index (κ1) is 17.6. The third-order valence-corrected chi connectivity index (χ3v) is 3.23. The topological polar surface area (TPSA) is 27.7 Å². The molecule has 0 aromatic heterocycles. The quantitative estimate of drug-likeness (QED) is 0.269. The van der Waals surface area contributed by atoms with E-state index in [0.717, 1.165) is 13.2 Å². The van der Waals surface area contributed by atoms with Gasteiger partial charge in [0, 0.05) is 20.0 Å². The standard InChI is InChI=1S/C12H26NO3.HI/c1-13(5-3-4-6-13)7-8-15-11-12-16-10-9-14-2;/h3-12H2,1-2H3;1H/q+1;/p-1. The number of halogens is 1. The molecule has 4 nitrogen and oxygen atoms in total. The lowest BCUT2D eigenvalue weighted by atomic mass is 10.4. The summed E-state index contributed by atoms with van der Waals surface area (Å²) in [5.41, 5.74) is 0. The molecule has 0 bridgehead atoms. The number of likely N-dealkylation sites (tertiary alicyclic amines) is 1. The van der Waals surface area contributed by atoms with Gasteiger partial charge in [-0.1, -0.05) is 0 Å². The van der Waals surface area contributed by atoms with Crippen molar-refractivity contribution in [2.24, 2.45) is 0 Å². The number of methoxy groups -OCH3 is 1. The summed E-state index contributed by atoms with van der Waals surface area (Å²) in [6.07, 6.45) is 2.74. The Morgan fingerprint density at radius 1 is 0.882 bits per heavy atom. The van der Waals surface area contributed by atoms with Crippen LogP contribution in [0.5, 0.6) is 0 Å². The lowest BCUT2D eigenvalue weighted by Gasteiger charge is -2.28. The Morgan fingerprint density at radius 3 is 2.00 bits per heavy atom. The molecule has 1 saturated heterocycles. The van der Waals surface area contributed by atoms with Gasteiger partial charge in [0.15, 0.2) is 0 Å². The predicted molar refractivity (Wildman–Crippen MR) is 63.5 cm³/mol. The zero-order valence-corrected chi connectivity index (χ0v) is 13.3. The van der Waals surface area contributed by atoms with Gasteiger partial charge in [0.25, 0.3) is 0 Å². The summed E-state index contributed by atoms with van der Waals surface area (Å²) in [5.74, 6) is 0. The van der Waals surface area contributed by atoms with Gasteiger partial charge < -0.3 is 42.7 Å². The molecule has 1 fully saturated rings. The van der Waals surface area contributed by atoms with Gasteiger partial charge in [-0.2, -0.15) is 0 Å². The molecule has 0 aromatic rings. The summed E-state index contributed by atoms with van der Waals surface area (Å²) in [6, 6.07) is 0. The fourth-order valence-corrected chi connectivity index (χ4v) is 2.07. The largest absolute Gasteiger partial charge is 1.00 e. The fourth-order valence-electron chi connectivity index (χ4n) is 2.07. The Labute approximate surface area is 122 Å². The average Bonchev–Trinajstić information content (AvgIpc) is 2.70. The first-order valence-corrected chi connectivity index (χ1v) is 6.25. The number of hydrogen-bond donors (Lipinski definition) is 0. The monoisotopic (exact) mass is 359 g/mol. The molecule has 0 amide bonds. The molecule has 0 radical (unpaired) electrons. The highest BCUT2D eigenvalue weighted by Crippen LogP contribution is 2.15. The summed E-state index contributed by atoms with van der Waals surface area (Å²) in [6.45, 7) is 7.31. The number of likely N-dealkylation sites (N-methyl/N-ethyl adjacent to an activating group) is 1. The second-order valence-corrected chi connectivity index (χ2v) is 4.71. The van der Waals surface area contributed by atoms with Crippen LogP contribution >= 0.6 is 0 Å². The van der Waals surface area contributed by atoms with Crippen LogP contribution in [0.15, 0.2) is 0 Å². The molecular weight excluding hydrogens is 333 g/mol. The van der Waals surface area contributed by atoms with Crippen LogP contribution < -0.4 is 24.0 Å². The van der Waals surface area contributed by atoms with Crippen molar-refractivity contribution in [1.29, 1.82) is 0 Å². The maximum Gasteiger partial charge on any atom is 0.102 e. The minimum atomic E-state index is 0. The van der Waals surface area contributed by atoms with Crippen LogP contribution in [0.4, 0.5) is 0 Å². The zero-order chi connectivity index (χ0) is 11.7. The van der Waals surface area contributed by atoms with E-state index in [1.54, 1.807) is 7.11 Å². The molecular formula is C12H26INO3. The highest BCUT2D eigenvalue weighted by molar-refractivity contribution is 4.51. The van der Waals surface area contributed by atoms with Crippen molar-refractivity contribution in [3.05, 3.63) is 0 Å². The highest BCUT2D eigenvalue weighted by Gasteiger charge is 2.25. The second kappa shape index (κ2) is 10.5. The van der Waals surface area contributed by atoms with Crippen molar-refractivity contribution in [3.63, 3.8) is 0 Å². The van der Waals surface area contributed by atoms with Crippen LogP contribution in [-0.2, 0) is 14.2 Å². The Bertz CT molecular complexity index is 175. The lowest BCUT2D eigenvalue weighted by Crippen LogP contribution is -3.00. The molecule has 0 aromatic carbocycles. The third kappa shape index (κ3) is 8.31. The van der Waals surface area contributed by atoms with Crippen molar-refractivity contribution in [1.82, 2.24) is 0 Å². The Morgan fingerprint density at radius 2 is 1.41 bits per heavy atom. The van der Waals surface area contributed by atoms with E-state index in [9.17, 15) is 0 Å². The molecule has 0 saturated carbocycles. The number of hydrogen-bond acceptors (Lipinski definition) is 3. The van der Waals surface area contributed by atoms with Gasteiger partial charge in [-0.15, -0.1) is 0 Å². The maximum atomic E-state index is 5.56. The van der Waals surface area contributed by atoms with Crippen LogP contribution in [0.25, 0.3) is 0 Å². The van der Waals surface area contributed by atoms with Crippen LogP contribution in [0.2, 0.25) is 0 Å². The van der Waals surface area contributed by atoms with Crippen molar-refractivity contribution in [3.8, 4) is 0 Å². The Balaban J connectivity index is 0.00000256. The number of quaternary nitrogens is 1. The second-order valence-electron chi connectivity index (χ2n) is 4.71.